The van der Waals surface area contributed by atoms with E-state index in [9.17, 15) is 9.59 Å². The third kappa shape index (κ3) is 3.18. The monoisotopic (exact) mass is 310 g/mol. The van der Waals surface area contributed by atoms with E-state index in [1.165, 1.54) is 11.3 Å². The van der Waals surface area contributed by atoms with Gasteiger partial charge in [-0.2, -0.15) is 0 Å². The van der Waals surface area contributed by atoms with Gasteiger partial charge in [-0.25, -0.2) is 9.78 Å². The Morgan fingerprint density at radius 2 is 1.95 bits per heavy atom. The molecule has 1 aromatic heterocycles. The average Bonchev–Trinajstić information content (AvgIpc) is 3.04. The molecule has 116 valence electrons. The minimum absolute atomic E-state index is 0.0237. The van der Waals surface area contributed by atoms with E-state index in [4.69, 9.17) is 0 Å². The summed E-state index contributed by atoms with van der Waals surface area (Å²) in [6.07, 6.45) is 0.811. The van der Waals surface area contributed by atoms with Crippen LogP contribution in [0.3, 0.4) is 0 Å². The number of urea groups is 1. The zero-order valence-electron chi connectivity index (χ0n) is 13.2. The molecule has 1 fully saturated rings. The van der Waals surface area contributed by atoms with Gasteiger partial charge in [0.25, 0.3) is 5.91 Å². The van der Waals surface area contributed by atoms with Crippen molar-refractivity contribution < 1.29 is 9.59 Å². The number of nitrogens with zero attached hydrogens (tertiary/aromatic N) is 4. The highest BCUT2D eigenvalue weighted by Crippen LogP contribution is 2.22. The van der Waals surface area contributed by atoms with Crippen LogP contribution in [0.4, 0.5) is 4.79 Å². The van der Waals surface area contributed by atoms with E-state index in [0.717, 1.165) is 17.0 Å². The van der Waals surface area contributed by atoms with Crippen molar-refractivity contribution in [3.05, 3.63) is 15.6 Å². The lowest BCUT2D eigenvalue weighted by Crippen LogP contribution is -2.44. The fourth-order valence-corrected chi connectivity index (χ4v) is 3.30. The van der Waals surface area contributed by atoms with Crippen LogP contribution in [0.5, 0.6) is 0 Å². The van der Waals surface area contributed by atoms with Crippen LogP contribution in [0.1, 0.15) is 26.8 Å². The number of aryl methyl sites for hydroxylation is 2. The lowest BCUT2D eigenvalue weighted by atomic mass is 10.2. The molecule has 2 rings (SSSR count). The smallest absolute Gasteiger partial charge is 0.319 e. The molecule has 1 aromatic rings. The van der Waals surface area contributed by atoms with E-state index in [0.29, 0.717) is 18.1 Å². The molecule has 7 heteroatoms. The molecule has 0 aromatic carbocycles. The normalized spacial score (nSPS) is 18.0. The summed E-state index contributed by atoms with van der Waals surface area (Å²) in [7, 11) is 5.26. The van der Waals surface area contributed by atoms with Crippen LogP contribution in [-0.2, 0) is 0 Å². The highest BCUT2D eigenvalue weighted by molar-refractivity contribution is 7.13. The Balaban J connectivity index is 2.02. The maximum atomic E-state index is 12.4. The van der Waals surface area contributed by atoms with Gasteiger partial charge in [-0.3, -0.25) is 4.79 Å². The first kappa shape index (κ1) is 15.8. The van der Waals surface area contributed by atoms with E-state index in [-0.39, 0.29) is 18.0 Å². The van der Waals surface area contributed by atoms with Crippen molar-refractivity contribution in [2.45, 2.75) is 26.3 Å². The van der Waals surface area contributed by atoms with Gasteiger partial charge < -0.3 is 14.7 Å². The standard InChI is InChI=1S/C14H22N4O2S/c1-9-10(2)21-12(15-9)13(19)18-7-6-11(8-18)17(5)14(20)16(3)4/h11H,6-8H2,1-5H3. The van der Waals surface area contributed by atoms with Gasteiger partial charge in [0, 0.05) is 39.1 Å². The maximum Gasteiger partial charge on any atom is 0.319 e. The zero-order chi connectivity index (χ0) is 15.7. The van der Waals surface area contributed by atoms with Crippen molar-refractivity contribution >= 4 is 23.3 Å². The number of likely N-dealkylation sites (N-methyl/N-ethyl adjacent to an activating group) is 1. The molecule has 21 heavy (non-hydrogen) atoms. The quantitative estimate of drug-likeness (QED) is 0.833. The van der Waals surface area contributed by atoms with Crippen molar-refractivity contribution in [3.8, 4) is 0 Å². The van der Waals surface area contributed by atoms with Crippen LogP contribution in [0.15, 0.2) is 0 Å². The Morgan fingerprint density at radius 1 is 1.29 bits per heavy atom. The van der Waals surface area contributed by atoms with Gasteiger partial charge in [0.05, 0.1) is 11.7 Å². The molecule has 0 spiro atoms. The first-order valence-corrected chi connectivity index (χ1v) is 7.80. The van der Waals surface area contributed by atoms with Crippen LogP contribution in [0, 0.1) is 13.8 Å². The van der Waals surface area contributed by atoms with Gasteiger partial charge in [0.1, 0.15) is 0 Å². The molecular formula is C14H22N4O2S. The van der Waals surface area contributed by atoms with E-state index in [1.54, 1.807) is 35.8 Å². The van der Waals surface area contributed by atoms with Crippen molar-refractivity contribution in [1.82, 2.24) is 19.7 Å². The summed E-state index contributed by atoms with van der Waals surface area (Å²) < 4.78 is 0. The number of rotatable bonds is 2. The van der Waals surface area contributed by atoms with Crippen molar-refractivity contribution in [3.63, 3.8) is 0 Å². The van der Waals surface area contributed by atoms with Gasteiger partial charge in [-0.15, -0.1) is 11.3 Å². The molecule has 0 saturated carbocycles. The molecule has 1 unspecified atom stereocenters. The number of aromatic nitrogens is 1. The molecule has 1 aliphatic heterocycles. The maximum absolute atomic E-state index is 12.4. The van der Waals surface area contributed by atoms with Gasteiger partial charge in [0.15, 0.2) is 5.01 Å². The van der Waals surface area contributed by atoms with Crippen LogP contribution in [0.2, 0.25) is 0 Å². The minimum Gasteiger partial charge on any atom is -0.334 e. The SMILES string of the molecule is Cc1nc(C(=O)N2CCC(N(C)C(=O)N(C)C)C2)sc1C. The second kappa shape index (κ2) is 6.01. The molecule has 2 heterocycles. The van der Waals surface area contributed by atoms with Crippen LogP contribution in [-0.4, -0.2) is 71.9 Å². The fourth-order valence-electron chi connectivity index (χ4n) is 2.41. The highest BCUT2D eigenvalue weighted by atomic mass is 32.1. The highest BCUT2D eigenvalue weighted by Gasteiger charge is 2.32. The van der Waals surface area contributed by atoms with Gasteiger partial charge >= 0.3 is 6.03 Å². The van der Waals surface area contributed by atoms with E-state index in [1.807, 2.05) is 13.8 Å². The second-order valence-corrected chi connectivity index (χ2v) is 6.85. The average molecular weight is 310 g/mol. The van der Waals surface area contributed by atoms with E-state index >= 15 is 0 Å². The summed E-state index contributed by atoms with van der Waals surface area (Å²) in [5, 5.41) is 0.548. The Morgan fingerprint density at radius 3 is 2.48 bits per heavy atom. The molecule has 0 N–H and O–H groups in total. The number of hydrogen-bond donors (Lipinski definition) is 0. The third-order valence-corrected chi connectivity index (χ3v) is 4.95. The summed E-state index contributed by atoms with van der Waals surface area (Å²) in [6, 6.07) is 0.0428. The summed E-state index contributed by atoms with van der Waals surface area (Å²) in [6.45, 7) is 5.14. The first-order valence-electron chi connectivity index (χ1n) is 6.98. The minimum atomic E-state index is -0.0322. The van der Waals surface area contributed by atoms with Gasteiger partial charge in [0.2, 0.25) is 0 Å². The van der Waals surface area contributed by atoms with Crippen molar-refractivity contribution in [2.24, 2.45) is 0 Å². The second-order valence-electron chi connectivity index (χ2n) is 5.64. The van der Waals surface area contributed by atoms with Crippen molar-refractivity contribution in [2.75, 3.05) is 34.2 Å². The molecule has 0 aliphatic carbocycles. The molecule has 0 radical (unpaired) electrons. The largest absolute Gasteiger partial charge is 0.334 e. The zero-order valence-corrected chi connectivity index (χ0v) is 14.0. The van der Waals surface area contributed by atoms with Crippen LogP contribution >= 0.6 is 11.3 Å². The number of likely N-dealkylation sites (tertiary alicyclic amines) is 1. The summed E-state index contributed by atoms with van der Waals surface area (Å²) in [5.74, 6) is -0.0237. The lowest BCUT2D eigenvalue weighted by Gasteiger charge is -2.27. The molecule has 0 bridgehead atoms. The Hall–Kier alpha value is -1.63. The number of carbonyl (C=O) groups is 2. The number of thiazole rings is 1. The lowest BCUT2D eigenvalue weighted by molar-refractivity contribution is 0.0780. The third-order valence-electron chi connectivity index (χ3n) is 3.89. The number of hydrogen-bond acceptors (Lipinski definition) is 4. The Kier molecular flexibility index (Phi) is 4.51. The van der Waals surface area contributed by atoms with Crippen LogP contribution in [0.25, 0.3) is 0 Å². The molecule has 1 atom stereocenters. The summed E-state index contributed by atoms with van der Waals surface area (Å²) in [5.41, 5.74) is 0.916. The van der Waals surface area contributed by atoms with Gasteiger partial charge in [-0.1, -0.05) is 0 Å². The number of carbonyl (C=O) groups excluding carboxylic acids is 2. The molecule has 6 nitrogen and oxygen atoms in total. The molecule has 1 saturated heterocycles. The molecular weight excluding hydrogens is 288 g/mol. The van der Waals surface area contributed by atoms with Crippen molar-refractivity contribution in [1.29, 1.82) is 0 Å². The van der Waals surface area contributed by atoms with E-state index in [2.05, 4.69) is 4.98 Å². The predicted octanol–water partition coefficient (Wildman–Crippen LogP) is 1.59. The fraction of sp³-hybridized carbons (Fsp3) is 0.643. The molecule has 1 aliphatic rings. The topological polar surface area (TPSA) is 56.8 Å². The summed E-state index contributed by atoms with van der Waals surface area (Å²) >= 11 is 1.44. The Bertz CT molecular complexity index is 536. The van der Waals surface area contributed by atoms with Crippen LogP contribution < -0.4 is 0 Å². The predicted molar refractivity (Wildman–Crippen MR) is 82.7 cm³/mol. The first-order chi connectivity index (χ1) is 9.81. The van der Waals surface area contributed by atoms with Gasteiger partial charge in [-0.05, 0) is 20.3 Å². The van der Waals surface area contributed by atoms with E-state index < -0.39 is 0 Å². The summed E-state index contributed by atoms with van der Waals surface area (Å²) in [4.78, 5) is 34.9. The Labute approximate surface area is 129 Å². The number of amides is 3. The molecule has 3 amide bonds.